The molecule has 20 N–H and O–H groups in total. The van der Waals surface area contributed by atoms with Crippen LogP contribution in [0.3, 0.4) is 0 Å². The third kappa shape index (κ3) is 31.4. The monoisotopic (exact) mass is 1470 g/mol. The lowest BCUT2D eigenvalue weighted by Crippen LogP contribution is -2.67. The minimum Gasteiger partial charge on any atom is -0.394 e. The molecule has 0 bridgehead atoms. The Morgan fingerprint density at radius 1 is 0.375 bits per heavy atom. The molecule has 0 heterocycles. The van der Waals surface area contributed by atoms with Crippen molar-refractivity contribution in [3.05, 3.63) is 35.9 Å². The fourth-order valence-electron chi connectivity index (χ4n) is 9.69. The van der Waals surface area contributed by atoms with Gasteiger partial charge in [-0.05, 0) is 160 Å². The smallest absolute Gasteiger partial charge is 0.246 e. The Kier molecular flexibility index (Phi) is 34.7. The van der Waals surface area contributed by atoms with E-state index in [4.69, 9.17) is 11.5 Å². The van der Waals surface area contributed by atoms with E-state index < -0.39 is 207 Å². The summed E-state index contributed by atoms with van der Waals surface area (Å²) >= 11 is 0. The van der Waals surface area contributed by atoms with Crippen molar-refractivity contribution >= 4 is 100 Å². The lowest BCUT2D eigenvalue weighted by atomic mass is 9.95. The fraction of sp³-hybridized carbons (Fsp3) is 0.667. The maximum absolute atomic E-state index is 14.1. The molecule has 0 saturated heterocycles. The first-order chi connectivity index (χ1) is 47.4. The summed E-state index contributed by atoms with van der Waals surface area (Å²) in [4.78, 5) is 227. The number of nitrogens with two attached hydrogens (primary N) is 2. The summed E-state index contributed by atoms with van der Waals surface area (Å²) in [5.41, 5.74) is -0.578. The summed E-state index contributed by atoms with van der Waals surface area (Å²) in [6.07, 6.45) is -1.08. The molecule has 0 saturated carbocycles. The molecular formula is C69H115N17O18. The number of aliphatic hydroxyl groups excluding tert-OH is 1. The summed E-state index contributed by atoms with van der Waals surface area (Å²) in [6, 6.07) is 0.0605. The van der Waals surface area contributed by atoms with Gasteiger partial charge in [-0.15, -0.1) is 0 Å². The van der Waals surface area contributed by atoms with E-state index in [2.05, 4.69) is 79.8 Å². The van der Waals surface area contributed by atoms with E-state index in [1.54, 1.807) is 58.0 Å². The van der Waals surface area contributed by atoms with Crippen LogP contribution in [0.4, 0.5) is 0 Å². The van der Waals surface area contributed by atoms with Gasteiger partial charge in [0.15, 0.2) is 0 Å². The Bertz CT molecular complexity index is 3310. The van der Waals surface area contributed by atoms with Crippen molar-refractivity contribution in [3.63, 3.8) is 0 Å². The Hall–Kier alpha value is -9.83. The SMILES string of the molecule is CC(=O)NC(C)(C)C(=O)NCC(=O)N[C@@H](C)C(=O)N[C@@H](CC(C)C)C(=O)NC(C)(C)C(=O)N[C@@H](CCC(N)=O)C(=O)NC(C)(C)C(=O)N[C@@H](CC(C)C)C(=O)NC(C)(C)C(=O)N[C@@H](C)C(=O)NC(C)(C)C(=O)NC(C)(C)C(=O)NC(C)(C)C(=O)N[C@@H](CCC(N)=O)C(=O)N[C@H](CO)Cc1ccccc1. The van der Waals surface area contributed by atoms with Crippen LogP contribution < -0.4 is 91.2 Å². The van der Waals surface area contributed by atoms with Crippen LogP contribution in [0.25, 0.3) is 0 Å². The number of amides is 17. The van der Waals surface area contributed by atoms with E-state index in [1.807, 2.05) is 0 Å². The van der Waals surface area contributed by atoms with Crippen molar-refractivity contribution in [2.24, 2.45) is 23.3 Å². The first-order valence-corrected chi connectivity index (χ1v) is 34.3. The Balaban J connectivity index is 3.17. The molecule has 7 atom stereocenters. The minimum absolute atomic E-state index is 0.0116. The molecule has 35 nitrogen and oxygen atoms in total. The molecule has 0 spiro atoms. The van der Waals surface area contributed by atoms with Crippen LogP contribution in [0.2, 0.25) is 0 Å². The van der Waals surface area contributed by atoms with Gasteiger partial charge in [0.1, 0.15) is 75.0 Å². The normalized spacial score (nSPS) is 14.1. The van der Waals surface area contributed by atoms with Gasteiger partial charge in [-0.25, -0.2) is 0 Å². The van der Waals surface area contributed by atoms with Crippen LogP contribution in [0.1, 0.15) is 189 Å². The Morgan fingerprint density at radius 3 is 1.12 bits per heavy atom. The number of hydrogen-bond donors (Lipinski definition) is 18. The molecule has 0 aliphatic heterocycles. The average Bonchev–Trinajstić information content (AvgIpc) is 0.819. The van der Waals surface area contributed by atoms with E-state index >= 15 is 0 Å². The largest absolute Gasteiger partial charge is 0.394 e. The molecule has 1 rings (SSSR count). The van der Waals surface area contributed by atoms with Crippen molar-refractivity contribution in [2.45, 2.75) is 271 Å². The summed E-state index contributed by atoms with van der Waals surface area (Å²) in [5.74, 6) is -14.5. The van der Waals surface area contributed by atoms with Crippen LogP contribution in [0.15, 0.2) is 30.3 Å². The third-order valence-corrected chi connectivity index (χ3v) is 16.1. The molecule has 0 unspecified atom stereocenters. The first-order valence-electron chi connectivity index (χ1n) is 34.3. The lowest BCUT2D eigenvalue weighted by molar-refractivity contribution is -0.140. The highest BCUT2D eigenvalue weighted by atomic mass is 16.3. The zero-order valence-electron chi connectivity index (χ0n) is 64.0. The zero-order valence-corrected chi connectivity index (χ0v) is 64.0. The third-order valence-electron chi connectivity index (χ3n) is 16.1. The van der Waals surface area contributed by atoms with Crippen molar-refractivity contribution in [2.75, 3.05) is 13.2 Å². The molecule has 0 radical (unpaired) electrons. The predicted octanol–water partition coefficient (Wildman–Crippen LogP) is -3.32. The van der Waals surface area contributed by atoms with E-state index in [9.17, 15) is 86.6 Å². The highest BCUT2D eigenvalue weighted by Crippen LogP contribution is 2.18. The van der Waals surface area contributed by atoms with Crippen LogP contribution >= 0.6 is 0 Å². The first kappa shape index (κ1) is 92.2. The van der Waals surface area contributed by atoms with Crippen LogP contribution in [-0.4, -0.2) is 200 Å². The zero-order chi connectivity index (χ0) is 80.6. The topological polar surface area (TPSA) is 543 Å². The lowest BCUT2D eigenvalue weighted by Gasteiger charge is -2.35. The number of hydrogen-bond acceptors (Lipinski definition) is 18. The van der Waals surface area contributed by atoms with E-state index in [1.165, 1.54) is 118 Å². The molecule has 0 aliphatic rings. The van der Waals surface area contributed by atoms with Gasteiger partial charge in [0.05, 0.1) is 19.2 Å². The number of aliphatic hydroxyl groups is 1. The van der Waals surface area contributed by atoms with E-state index in [0.29, 0.717) is 0 Å². The maximum Gasteiger partial charge on any atom is 0.246 e. The Morgan fingerprint density at radius 2 is 0.712 bits per heavy atom. The molecular weight excluding hydrogens is 1350 g/mol. The molecule has 104 heavy (non-hydrogen) atoms. The number of carbonyl (C=O) groups excluding carboxylic acids is 17. The summed E-state index contributed by atoms with van der Waals surface area (Å²) < 4.78 is 0. The van der Waals surface area contributed by atoms with Crippen molar-refractivity contribution in [3.8, 4) is 0 Å². The molecule has 35 heteroatoms. The highest BCUT2D eigenvalue weighted by Gasteiger charge is 2.44. The van der Waals surface area contributed by atoms with Crippen LogP contribution in [0, 0.1) is 11.8 Å². The Labute approximate surface area is 608 Å². The number of benzene rings is 1. The number of rotatable bonds is 42. The van der Waals surface area contributed by atoms with Crippen molar-refractivity contribution in [1.82, 2.24) is 79.8 Å². The molecule has 0 aliphatic carbocycles. The molecule has 1 aromatic carbocycles. The number of nitrogens with one attached hydrogen (secondary N) is 15. The minimum atomic E-state index is -1.88. The van der Waals surface area contributed by atoms with E-state index in [0.717, 1.165) is 5.56 Å². The maximum atomic E-state index is 14.1. The van der Waals surface area contributed by atoms with Gasteiger partial charge in [0.25, 0.3) is 0 Å². The molecule has 17 amide bonds. The van der Waals surface area contributed by atoms with Crippen LogP contribution in [-0.2, 0) is 87.9 Å². The second kappa shape index (κ2) is 39.2. The van der Waals surface area contributed by atoms with Gasteiger partial charge in [-0.3, -0.25) is 81.5 Å². The van der Waals surface area contributed by atoms with Gasteiger partial charge in [-0.2, -0.15) is 0 Å². The van der Waals surface area contributed by atoms with Gasteiger partial charge < -0.3 is 96.3 Å². The predicted molar refractivity (Wildman–Crippen MR) is 382 cm³/mol. The molecule has 0 aromatic heterocycles. The molecule has 1 aromatic rings. The van der Waals surface area contributed by atoms with Gasteiger partial charge in [0, 0.05) is 19.8 Å². The van der Waals surface area contributed by atoms with E-state index in [-0.39, 0.29) is 43.9 Å². The van der Waals surface area contributed by atoms with Crippen LogP contribution in [0.5, 0.6) is 0 Å². The number of primary amides is 2. The molecule has 0 fully saturated rings. The number of carbonyl (C=O) groups is 17. The quantitative estimate of drug-likeness (QED) is 0.0305. The standard InChI is InChI=1S/C69H115N17O18/c1-36(2)31-45(76-50(92)38(5)73-49(91)34-72-56(98)63(8,9)80-40(7)88)54(96)83-65(12,13)58(100)78-44(28-30-48(71)90)53(95)82-66(14,15)59(101)79-46(32-37(3)4)55(97)84-64(10,11)57(99)74-39(6)51(93)81-68(18,19)61(103)86-69(20,21)62(104)85-67(16,17)60(102)77-43(27-29-47(70)89)52(94)75-42(35-87)33-41-25-23-22-24-26-41/h22-26,36-39,42-46,87H,27-35H2,1-21H3,(H2,70,89)(H2,71,90)(H,72,98)(H,73,91)(H,74,99)(H,75,94)(H,76,92)(H,77,102)(H,78,100)(H,79,101)(H,80,88)(H,81,93)(H,82,95)(H,83,96)(H,84,97)(H,85,104)(H,86,103)/t38-,39-,42-,43-,44-,45-,46-/m0/s1. The summed E-state index contributed by atoms with van der Waals surface area (Å²) in [7, 11) is 0. The highest BCUT2D eigenvalue weighted by molar-refractivity contribution is 6.03. The second-order valence-corrected chi connectivity index (χ2v) is 30.6. The van der Waals surface area contributed by atoms with Gasteiger partial charge >= 0.3 is 0 Å². The summed E-state index contributed by atoms with van der Waals surface area (Å²) in [6.45, 7) is 28.4. The average molecular weight is 1470 g/mol. The fourth-order valence-corrected chi connectivity index (χ4v) is 9.69. The molecule has 584 valence electrons. The summed E-state index contributed by atoms with van der Waals surface area (Å²) in [5, 5.41) is 47.9. The second-order valence-electron chi connectivity index (χ2n) is 30.6. The van der Waals surface area contributed by atoms with Gasteiger partial charge in [-0.1, -0.05) is 58.0 Å². The van der Waals surface area contributed by atoms with Crippen molar-refractivity contribution < 1.29 is 86.6 Å². The van der Waals surface area contributed by atoms with Crippen molar-refractivity contribution in [1.29, 1.82) is 0 Å². The van der Waals surface area contributed by atoms with Gasteiger partial charge in [0.2, 0.25) is 100 Å².